The molecule has 2 unspecified atom stereocenters. The predicted molar refractivity (Wildman–Crippen MR) is 97.4 cm³/mol. The van der Waals surface area contributed by atoms with Crippen molar-refractivity contribution in [2.24, 2.45) is 0 Å². The molecule has 0 aromatic heterocycles. The minimum absolute atomic E-state index is 0.135. The minimum Gasteiger partial charge on any atom is -0.460 e. The smallest absolute Gasteiger partial charge is 0.307 e. The Morgan fingerprint density at radius 3 is 2.35 bits per heavy atom. The fourth-order valence-corrected chi connectivity index (χ4v) is 3.89. The first-order chi connectivity index (χ1) is 12.1. The van der Waals surface area contributed by atoms with Gasteiger partial charge in [-0.15, -0.1) is 0 Å². The molecular weight excluding hydrogens is 382 g/mol. The van der Waals surface area contributed by atoms with Crippen molar-refractivity contribution >= 4 is 28.4 Å². The first-order valence-corrected chi connectivity index (χ1v) is 9.49. The second-order valence-electron chi connectivity index (χ2n) is 6.70. The number of rotatable bonds is 5. The van der Waals surface area contributed by atoms with Gasteiger partial charge in [0, 0.05) is 15.5 Å². The van der Waals surface area contributed by atoms with Gasteiger partial charge in [-0.2, -0.15) is 0 Å². The van der Waals surface area contributed by atoms with Crippen molar-refractivity contribution in [2.75, 3.05) is 0 Å². The number of hydrogen-bond acceptors (Lipinski definition) is 3. The van der Waals surface area contributed by atoms with Gasteiger partial charge in [0.25, 0.3) is 0 Å². The average Bonchev–Trinajstić information content (AvgIpc) is 2.53. The molecule has 3 nitrogen and oxygen atoms in total. The lowest BCUT2D eigenvalue weighted by Crippen LogP contribution is -2.26. The van der Waals surface area contributed by atoms with Gasteiger partial charge in [-0.05, 0) is 63.2 Å². The highest BCUT2D eigenvalue weighted by molar-refractivity contribution is 7.85. The molecule has 0 aliphatic rings. The van der Waals surface area contributed by atoms with Crippen LogP contribution in [-0.2, 0) is 20.3 Å². The standard InChI is InChI=1S/C19H19ClF2O3S/c1-19(2,3)25-18(23)11-17(15-10-13(21)6-9-16(15)22)26(24)14-7-4-12(20)5-8-14/h4-10,17H,11H2,1-3H3. The second-order valence-corrected chi connectivity index (χ2v) is 8.77. The SMILES string of the molecule is CC(C)(C)OC(=O)CC(c1cc(F)ccc1F)S(=O)c1ccc(Cl)cc1. The summed E-state index contributed by atoms with van der Waals surface area (Å²) in [5, 5.41) is -0.645. The van der Waals surface area contributed by atoms with Gasteiger partial charge in [-0.1, -0.05) is 11.6 Å². The van der Waals surface area contributed by atoms with E-state index in [0.29, 0.717) is 9.92 Å². The summed E-state index contributed by atoms with van der Waals surface area (Å²) in [5.74, 6) is -2.06. The number of carbonyl (C=O) groups excluding carboxylic acids is 1. The lowest BCUT2D eigenvalue weighted by atomic mass is 10.1. The van der Waals surface area contributed by atoms with Crippen LogP contribution in [0.25, 0.3) is 0 Å². The highest BCUT2D eigenvalue weighted by atomic mass is 35.5. The molecular formula is C19H19ClF2O3S. The van der Waals surface area contributed by atoms with Gasteiger partial charge in [-0.3, -0.25) is 9.00 Å². The van der Waals surface area contributed by atoms with Crippen LogP contribution < -0.4 is 0 Å². The second kappa shape index (κ2) is 8.27. The Balaban J connectivity index is 2.41. The molecule has 2 aromatic carbocycles. The number of hydrogen-bond donors (Lipinski definition) is 0. The van der Waals surface area contributed by atoms with Gasteiger partial charge in [-0.25, -0.2) is 8.78 Å². The monoisotopic (exact) mass is 400 g/mol. The maximum atomic E-state index is 14.3. The third-order valence-corrected chi connectivity index (χ3v) is 5.31. The average molecular weight is 401 g/mol. The van der Waals surface area contributed by atoms with Crippen LogP contribution >= 0.6 is 11.6 Å². The summed E-state index contributed by atoms with van der Waals surface area (Å²) in [6.45, 7) is 5.08. The molecule has 0 heterocycles. The van der Waals surface area contributed by atoms with Crippen LogP contribution in [0, 0.1) is 11.6 Å². The Labute approximate surface area is 158 Å². The van der Waals surface area contributed by atoms with Gasteiger partial charge in [0.05, 0.1) is 22.5 Å². The molecule has 0 saturated heterocycles. The van der Waals surface area contributed by atoms with Crippen LogP contribution in [0.5, 0.6) is 0 Å². The van der Waals surface area contributed by atoms with Crippen LogP contribution in [0.4, 0.5) is 8.78 Å². The molecule has 0 spiro atoms. The summed E-state index contributed by atoms with van der Waals surface area (Å²) in [7, 11) is -1.81. The topological polar surface area (TPSA) is 43.4 Å². The van der Waals surface area contributed by atoms with Crippen molar-refractivity contribution in [1.29, 1.82) is 0 Å². The van der Waals surface area contributed by atoms with E-state index in [0.717, 1.165) is 18.2 Å². The third-order valence-electron chi connectivity index (χ3n) is 3.38. The number of benzene rings is 2. The van der Waals surface area contributed by atoms with Crippen LogP contribution in [-0.4, -0.2) is 15.8 Å². The zero-order valence-electron chi connectivity index (χ0n) is 14.6. The fourth-order valence-electron chi connectivity index (χ4n) is 2.33. The maximum absolute atomic E-state index is 14.3. The lowest BCUT2D eigenvalue weighted by Gasteiger charge is -2.22. The summed E-state index contributed by atoms with van der Waals surface area (Å²) >= 11 is 5.83. The molecule has 0 fully saturated rings. The molecule has 0 bridgehead atoms. The van der Waals surface area contributed by atoms with Crippen LogP contribution in [0.2, 0.25) is 5.02 Å². The molecule has 0 N–H and O–H groups in total. The van der Waals surface area contributed by atoms with Gasteiger partial charge in [0.2, 0.25) is 0 Å². The van der Waals surface area contributed by atoms with Crippen molar-refractivity contribution in [3.8, 4) is 0 Å². The Kier molecular flexibility index (Phi) is 6.53. The van der Waals surface area contributed by atoms with E-state index in [4.69, 9.17) is 16.3 Å². The minimum atomic E-state index is -1.81. The number of carbonyl (C=O) groups is 1. The van der Waals surface area contributed by atoms with Crippen molar-refractivity contribution in [3.63, 3.8) is 0 Å². The number of halogens is 3. The van der Waals surface area contributed by atoms with E-state index in [9.17, 15) is 17.8 Å². The Hall–Kier alpha value is -1.79. The highest BCUT2D eigenvalue weighted by Gasteiger charge is 2.29. The normalized spacial score (nSPS) is 13.9. The molecule has 2 atom stereocenters. The quantitative estimate of drug-likeness (QED) is 0.648. The summed E-state index contributed by atoms with van der Waals surface area (Å²) in [6.07, 6.45) is -0.354. The zero-order valence-corrected chi connectivity index (χ0v) is 16.2. The zero-order chi connectivity index (χ0) is 19.5. The third kappa shape index (κ3) is 5.61. The Morgan fingerprint density at radius 2 is 1.77 bits per heavy atom. The summed E-state index contributed by atoms with van der Waals surface area (Å²) in [4.78, 5) is 12.6. The summed E-state index contributed by atoms with van der Waals surface area (Å²) in [6, 6.07) is 9.01. The molecule has 0 aliphatic heterocycles. The molecule has 26 heavy (non-hydrogen) atoms. The van der Waals surface area contributed by atoms with E-state index in [-0.39, 0.29) is 12.0 Å². The van der Waals surface area contributed by atoms with Crippen molar-refractivity contribution in [2.45, 2.75) is 42.9 Å². The fraction of sp³-hybridized carbons (Fsp3) is 0.316. The Morgan fingerprint density at radius 1 is 1.15 bits per heavy atom. The number of esters is 1. The van der Waals surface area contributed by atoms with E-state index in [1.807, 2.05) is 0 Å². The van der Waals surface area contributed by atoms with E-state index in [2.05, 4.69) is 0 Å². The van der Waals surface area contributed by atoms with Crippen LogP contribution in [0.15, 0.2) is 47.4 Å². The van der Waals surface area contributed by atoms with Crippen molar-refractivity contribution in [1.82, 2.24) is 0 Å². The lowest BCUT2D eigenvalue weighted by molar-refractivity contribution is -0.154. The Bertz CT molecular complexity index is 817. The molecule has 0 radical (unpaired) electrons. The molecule has 7 heteroatoms. The van der Waals surface area contributed by atoms with Gasteiger partial charge < -0.3 is 4.74 Å². The predicted octanol–water partition coefficient (Wildman–Crippen LogP) is 5.20. The summed E-state index contributed by atoms with van der Waals surface area (Å²) < 4.78 is 46.2. The van der Waals surface area contributed by atoms with Crippen molar-refractivity contribution < 1.29 is 22.5 Å². The van der Waals surface area contributed by atoms with Gasteiger partial charge in [0.1, 0.15) is 17.2 Å². The van der Waals surface area contributed by atoms with Gasteiger partial charge in [0.15, 0.2) is 0 Å². The largest absolute Gasteiger partial charge is 0.460 e. The summed E-state index contributed by atoms with van der Waals surface area (Å²) in [5.41, 5.74) is -0.881. The van der Waals surface area contributed by atoms with Gasteiger partial charge >= 0.3 is 5.97 Å². The first-order valence-electron chi connectivity index (χ1n) is 7.90. The highest BCUT2D eigenvalue weighted by Crippen LogP contribution is 2.32. The van der Waals surface area contributed by atoms with E-state index in [1.54, 1.807) is 32.9 Å². The van der Waals surface area contributed by atoms with E-state index in [1.165, 1.54) is 12.1 Å². The molecule has 0 amide bonds. The van der Waals surface area contributed by atoms with E-state index >= 15 is 0 Å². The molecule has 140 valence electrons. The first kappa shape index (κ1) is 20.5. The molecule has 2 rings (SSSR count). The maximum Gasteiger partial charge on any atom is 0.307 e. The van der Waals surface area contributed by atoms with Crippen LogP contribution in [0.3, 0.4) is 0 Å². The van der Waals surface area contributed by atoms with Crippen LogP contribution in [0.1, 0.15) is 38.0 Å². The number of ether oxygens (including phenoxy) is 1. The van der Waals surface area contributed by atoms with E-state index < -0.39 is 39.3 Å². The molecule has 0 saturated carbocycles. The molecule has 0 aliphatic carbocycles. The van der Waals surface area contributed by atoms with Crippen molar-refractivity contribution in [3.05, 3.63) is 64.7 Å². The molecule has 2 aromatic rings.